The third-order valence-corrected chi connectivity index (χ3v) is 0.309. The predicted molar refractivity (Wildman–Crippen MR) is 24.9 cm³/mol. The molecular formula is CH4F2NNaS. The van der Waals surface area contributed by atoms with Crippen LogP contribution in [-0.4, -0.2) is 35.3 Å². The maximum atomic E-state index is 10.6. The summed E-state index contributed by atoms with van der Waals surface area (Å²) in [5.41, 5.74) is 0. The molecule has 0 bridgehead atoms. The van der Waals surface area contributed by atoms with Gasteiger partial charge in [-0.05, 0) is 11.9 Å². The first-order chi connectivity index (χ1) is 2.27. The fourth-order valence-electron chi connectivity index (χ4n) is 0. The molecule has 0 amide bonds. The van der Waals surface area contributed by atoms with Crippen molar-refractivity contribution in [3.05, 3.63) is 0 Å². The maximum absolute atomic E-state index is 10.6. The predicted octanol–water partition coefficient (Wildman–Crippen LogP) is 0.167. The summed E-state index contributed by atoms with van der Waals surface area (Å²) in [6.07, 6.45) is 0. The Bertz CT molecular complexity index is 27.5. The number of nitrogens with two attached hydrogens (primary N) is 1. The topological polar surface area (TPSA) is 26.0 Å². The van der Waals surface area contributed by atoms with Crippen LogP contribution in [0.25, 0.3) is 0 Å². The summed E-state index contributed by atoms with van der Waals surface area (Å²) in [6.45, 7) is 0. The van der Waals surface area contributed by atoms with E-state index in [0.717, 1.165) is 0 Å². The van der Waals surface area contributed by atoms with E-state index in [1.54, 1.807) is 0 Å². The van der Waals surface area contributed by atoms with E-state index in [2.05, 4.69) is 5.14 Å². The van der Waals surface area contributed by atoms with Crippen molar-refractivity contribution in [1.82, 2.24) is 0 Å². The SMILES string of the molecule is NSC(F)F.[NaH]. The molecule has 0 atom stereocenters. The summed E-state index contributed by atoms with van der Waals surface area (Å²) >= 11 is 0.0463. The van der Waals surface area contributed by atoms with E-state index in [0.29, 0.717) is 0 Å². The molecule has 1 nitrogen and oxygen atoms in total. The molecule has 0 aliphatic rings. The Kier molecular flexibility index (Phi) is 10.5. The first-order valence-electron chi connectivity index (χ1n) is 0.908. The van der Waals surface area contributed by atoms with E-state index in [-0.39, 0.29) is 41.5 Å². The van der Waals surface area contributed by atoms with Crippen LogP contribution in [-0.2, 0) is 0 Å². The molecular weight excluding hydrogens is 119 g/mol. The van der Waals surface area contributed by atoms with Gasteiger partial charge in [-0.25, -0.2) is 0 Å². The summed E-state index contributed by atoms with van der Waals surface area (Å²) in [7, 11) is 0. The molecule has 0 aliphatic carbocycles. The second kappa shape index (κ2) is 6.17. The molecule has 34 valence electrons. The minimum absolute atomic E-state index is 0. The molecule has 5 heteroatoms. The van der Waals surface area contributed by atoms with Crippen LogP contribution in [0, 0.1) is 0 Å². The molecule has 0 aromatic carbocycles. The van der Waals surface area contributed by atoms with E-state index in [1.807, 2.05) is 0 Å². The standard InChI is InChI=1S/CH3F2NS.Na.H/c2-1(3)5-4;;/h1H,4H2;;. The summed E-state index contributed by atoms with van der Waals surface area (Å²) in [4.78, 5) is 0. The zero-order chi connectivity index (χ0) is 4.28. The Balaban J connectivity index is 0. The minimum atomic E-state index is -2.42. The third-order valence-electron chi connectivity index (χ3n) is 0.103. The van der Waals surface area contributed by atoms with E-state index >= 15 is 0 Å². The van der Waals surface area contributed by atoms with Crippen LogP contribution in [0.2, 0.25) is 0 Å². The molecule has 0 saturated carbocycles. The molecule has 0 aliphatic heterocycles. The summed E-state index contributed by atoms with van der Waals surface area (Å²) in [5, 5.41) is 4.34. The van der Waals surface area contributed by atoms with Crippen LogP contribution in [0.4, 0.5) is 8.78 Å². The van der Waals surface area contributed by atoms with E-state index in [4.69, 9.17) is 0 Å². The van der Waals surface area contributed by atoms with Gasteiger partial charge in [0.25, 0.3) is 5.76 Å². The van der Waals surface area contributed by atoms with Crippen LogP contribution in [0.1, 0.15) is 0 Å². The van der Waals surface area contributed by atoms with Gasteiger partial charge in [0.05, 0.1) is 0 Å². The van der Waals surface area contributed by atoms with Crippen LogP contribution in [0.5, 0.6) is 0 Å². The zero-order valence-electron chi connectivity index (χ0n) is 2.32. The molecule has 0 aromatic rings. The van der Waals surface area contributed by atoms with E-state index in [1.165, 1.54) is 0 Å². The first-order valence-corrected chi connectivity index (χ1v) is 1.85. The number of halogens is 2. The van der Waals surface area contributed by atoms with Crippen LogP contribution < -0.4 is 5.14 Å². The van der Waals surface area contributed by atoms with Crippen molar-refractivity contribution in [1.29, 1.82) is 0 Å². The van der Waals surface area contributed by atoms with Crippen LogP contribution >= 0.6 is 11.9 Å². The van der Waals surface area contributed by atoms with Gasteiger partial charge in [-0.15, -0.1) is 0 Å². The van der Waals surface area contributed by atoms with Gasteiger partial charge in [-0.3, -0.25) is 5.14 Å². The van der Waals surface area contributed by atoms with Crippen molar-refractivity contribution >= 4 is 41.5 Å². The van der Waals surface area contributed by atoms with Crippen molar-refractivity contribution < 1.29 is 8.78 Å². The Morgan fingerprint density at radius 3 is 1.67 bits per heavy atom. The fourth-order valence-corrected chi connectivity index (χ4v) is 0. The van der Waals surface area contributed by atoms with E-state index in [9.17, 15) is 8.78 Å². The zero-order valence-corrected chi connectivity index (χ0v) is 3.14. The fraction of sp³-hybridized carbons (Fsp3) is 1.00. The Labute approximate surface area is 61.1 Å². The Hall–Kier alpha value is 1.17. The van der Waals surface area contributed by atoms with Gasteiger partial charge in [-0.2, -0.15) is 8.78 Å². The van der Waals surface area contributed by atoms with Gasteiger partial charge in [0.2, 0.25) is 0 Å². The Morgan fingerprint density at radius 1 is 1.50 bits per heavy atom. The van der Waals surface area contributed by atoms with Crippen LogP contribution in [0.15, 0.2) is 0 Å². The van der Waals surface area contributed by atoms with Gasteiger partial charge < -0.3 is 0 Å². The van der Waals surface area contributed by atoms with Crippen molar-refractivity contribution in [3.63, 3.8) is 0 Å². The van der Waals surface area contributed by atoms with Gasteiger partial charge in [0.15, 0.2) is 0 Å². The number of rotatable bonds is 1. The molecule has 0 heterocycles. The van der Waals surface area contributed by atoms with Crippen molar-refractivity contribution in [2.24, 2.45) is 5.14 Å². The normalized spacial score (nSPS) is 8.00. The summed E-state index contributed by atoms with van der Waals surface area (Å²) in [6, 6.07) is 0. The molecule has 0 rings (SSSR count). The molecule has 0 radical (unpaired) electrons. The third kappa shape index (κ3) is 8.95. The molecule has 6 heavy (non-hydrogen) atoms. The first kappa shape index (κ1) is 10.2. The van der Waals surface area contributed by atoms with Gasteiger partial charge in [0, 0.05) is 0 Å². The molecule has 0 fully saturated rings. The molecule has 2 N–H and O–H groups in total. The van der Waals surface area contributed by atoms with Gasteiger partial charge in [-0.1, -0.05) is 0 Å². The van der Waals surface area contributed by atoms with Gasteiger partial charge in [0.1, 0.15) is 0 Å². The molecule has 0 saturated heterocycles. The quantitative estimate of drug-likeness (QED) is 0.397. The van der Waals surface area contributed by atoms with Crippen LogP contribution in [0.3, 0.4) is 0 Å². The number of alkyl halides is 2. The molecule has 0 aromatic heterocycles. The summed E-state index contributed by atoms with van der Waals surface area (Å²) in [5.74, 6) is -2.42. The Morgan fingerprint density at radius 2 is 1.67 bits per heavy atom. The van der Waals surface area contributed by atoms with Crippen molar-refractivity contribution in [2.45, 2.75) is 5.76 Å². The monoisotopic (exact) mass is 123 g/mol. The average molecular weight is 123 g/mol. The van der Waals surface area contributed by atoms with Gasteiger partial charge >= 0.3 is 29.6 Å². The molecule has 0 spiro atoms. The molecule has 0 unspecified atom stereocenters. The van der Waals surface area contributed by atoms with Crippen molar-refractivity contribution in [2.75, 3.05) is 0 Å². The number of hydrogen-bond donors (Lipinski definition) is 1. The van der Waals surface area contributed by atoms with E-state index < -0.39 is 5.76 Å². The summed E-state index contributed by atoms with van der Waals surface area (Å²) < 4.78 is 21.2. The van der Waals surface area contributed by atoms with Crippen molar-refractivity contribution in [3.8, 4) is 0 Å². The number of hydrogen-bond acceptors (Lipinski definition) is 2. The average Bonchev–Trinajstić information content (AvgIpc) is 1.38. The second-order valence-corrected chi connectivity index (χ2v) is 1.03. The second-order valence-electron chi connectivity index (χ2n) is 0.397.